The predicted octanol–water partition coefficient (Wildman–Crippen LogP) is 1.48. The largest absolute Gasteiger partial charge is 0.491 e. The fourth-order valence-electron chi connectivity index (χ4n) is 1.34. The van der Waals surface area contributed by atoms with E-state index in [9.17, 15) is 4.79 Å². The Morgan fingerprint density at radius 2 is 2.19 bits per heavy atom. The summed E-state index contributed by atoms with van der Waals surface area (Å²) in [5.41, 5.74) is 12.5. The number of carbonyl (C=O) groups excluding carboxylic acids is 1. The fraction of sp³-hybridized carbons (Fsp3) is 0.417. The van der Waals surface area contributed by atoms with Crippen molar-refractivity contribution in [2.24, 2.45) is 5.73 Å². The van der Waals surface area contributed by atoms with Crippen molar-refractivity contribution >= 4 is 11.6 Å². The standard InChI is InChI=1S/C12H18N2O2/c1-2-7-16-11-8-9(3-5-10(11)13)4-6-12(14)15/h3,5,8H,2,4,6-7,13H2,1H3,(H2,14,15). The van der Waals surface area contributed by atoms with Gasteiger partial charge in [0, 0.05) is 6.42 Å². The zero-order valence-electron chi connectivity index (χ0n) is 9.53. The number of nitrogens with two attached hydrogens (primary N) is 2. The Hall–Kier alpha value is -1.71. The first-order valence-corrected chi connectivity index (χ1v) is 5.43. The third-order valence-corrected chi connectivity index (χ3v) is 2.20. The maximum absolute atomic E-state index is 10.7. The minimum absolute atomic E-state index is 0.298. The molecular formula is C12H18N2O2. The maximum Gasteiger partial charge on any atom is 0.217 e. The van der Waals surface area contributed by atoms with Crippen molar-refractivity contribution in [1.29, 1.82) is 0 Å². The molecule has 1 rings (SSSR count). The van der Waals surface area contributed by atoms with Crippen LogP contribution < -0.4 is 16.2 Å². The van der Waals surface area contributed by atoms with Gasteiger partial charge in [0.05, 0.1) is 12.3 Å². The molecule has 4 N–H and O–H groups in total. The van der Waals surface area contributed by atoms with Crippen LogP contribution in [0.1, 0.15) is 25.3 Å². The molecule has 0 aliphatic carbocycles. The van der Waals surface area contributed by atoms with Crippen molar-refractivity contribution in [3.8, 4) is 5.75 Å². The minimum atomic E-state index is -0.298. The molecule has 16 heavy (non-hydrogen) atoms. The van der Waals surface area contributed by atoms with Crippen LogP contribution in [0.5, 0.6) is 5.75 Å². The van der Waals surface area contributed by atoms with Gasteiger partial charge in [0.2, 0.25) is 5.91 Å². The van der Waals surface area contributed by atoms with Gasteiger partial charge in [-0.2, -0.15) is 0 Å². The first kappa shape index (κ1) is 12.4. The van der Waals surface area contributed by atoms with E-state index in [1.807, 2.05) is 19.1 Å². The van der Waals surface area contributed by atoms with E-state index in [1.165, 1.54) is 0 Å². The third kappa shape index (κ3) is 3.81. The normalized spacial score (nSPS) is 10.1. The Morgan fingerprint density at radius 1 is 1.44 bits per heavy atom. The van der Waals surface area contributed by atoms with Gasteiger partial charge in [-0.15, -0.1) is 0 Å². The number of carbonyl (C=O) groups is 1. The summed E-state index contributed by atoms with van der Waals surface area (Å²) in [6, 6.07) is 5.55. The van der Waals surface area contributed by atoms with Crippen molar-refractivity contribution in [2.45, 2.75) is 26.2 Å². The zero-order chi connectivity index (χ0) is 12.0. The van der Waals surface area contributed by atoms with Crippen molar-refractivity contribution in [2.75, 3.05) is 12.3 Å². The molecule has 88 valence electrons. The lowest BCUT2D eigenvalue weighted by atomic mass is 10.1. The number of primary amides is 1. The van der Waals surface area contributed by atoms with Gasteiger partial charge in [-0.05, 0) is 30.5 Å². The second-order valence-corrected chi connectivity index (χ2v) is 3.69. The van der Waals surface area contributed by atoms with E-state index in [-0.39, 0.29) is 5.91 Å². The molecule has 4 heteroatoms. The molecule has 1 amide bonds. The molecule has 0 saturated carbocycles. The first-order valence-electron chi connectivity index (χ1n) is 5.43. The smallest absolute Gasteiger partial charge is 0.217 e. The van der Waals surface area contributed by atoms with E-state index in [0.717, 1.165) is 12.0 Å². The third-order valence-electron chi connectivity index (χ3n) is 2.20. The Balaban J connectivity index is 2.68. The van der Waals surface area contributed by atoms with Crippen LogP contribution in [0, 0.1) is 0 Å². The fourth-order valence-corrected chi connectivity index (χ4v) is 1.34. The molecule has 0 saturated heterocycles. The lowest BCUT2D eigenvalue weighted by molar-refractivity contribution is -0.117. The number of anilines is 1. The summed E-state index contributed by atoms with van der Waals surface area (Å²) in [7, 11) is 0. The second kappa shape index (κ2) is 6.00. The van der Waals surface area contributed by atoms with E-state index in [0.29, 0.717) is 30.9 Å². The van der Waals surface area contributed by atoms with Crippen LogP contribution in [-0.2, 0) is 11.2 Å². The maximum atomic E-state index is 10.7. The van der Waals surface area contributed by atoms with Crippen molar-refractivity contribution in [1.82, 2.24) is 0 Å². The molecule has 0 atom stereocenters. The number of aryl methyl sites for hydroxylation is 1. The molecule has 0 radical (unpaired) electrons. The quantitative estimate of drug-likeness (QED) is 0.715. The Labute approximate surface area is 95.6 Å². The van der Waals surface area contributed by atoms with Gasteiger partial charge in [-0.25, -0.2) is 0 Å². The Morgan fingerprint density at radius 3 is 2.81 bits per heavy atom. The SMILES string of the molecule is CCCOc1cc(CCC(N)=O)ccc1N. The summed E-state index contributed by atoms with van der Waals surface area (Å²) >= 11 is 0. The first-order chi connectivity index (χ1) is 7.63. The van der Waals surface area contributed by atoms with E-state index < -0.39 is 0 Å². The van der Waals surface area contributed by atoms with Gasteiger partial charge in [0.25, 0.3) is 0 Å². The van der Waals surface area contributed by atoms with E-state index in [4.69, 9.17) is 16.2 Å². The molecule has 1 aromatic carbocycles. The number of nitrogen functional groups attached to an aromatic ring is 1. The summed E-state index contributed by atoms with van der Waals surface area (Å²) in [5.74, 6) is 0.386. The van der Waals surface area contributed by atoms with Crippen molar-refractivity contribution < 1.29 is 9.53 Å². The van der Waals surface area contributed by atoms with Gasteiger partial charge >= 0.3 is 0 Å². The topological polar surface area (TPSA) is 78.3 Å². The van der Waals surface area contributed by atoms with Gasteiger partial charge in [0.15, 0.2) is 0 Å². The molecule has 0 fully saturated rings. The average molecular weight is 222 g/mol. The lowest BCUT2D eigenvalue weighted by Gasteiger charge is -2.09. The van der Waals surface area contributed by atoms with Gasteiger partial charge < -0.3 is 16.2 Å². The second-order valence-electron chi connectivity index (χ2n) is 3.69. The molecule has 0 unspecified atom stereocenters. The number of rotatable bonds is 6. The highest BCUT2D eigenvalue weighted by atomic mass is 16.5. The van der Waals surface area contributed by atoms with Crippen LogP contribution in [0.15, 0.2) is 18.2 Å². The number of amides is 1. The molecular weight excluding hydrogens is 204 g/mol. The molecule has 0 aliphatic heterocycles. The van der Waals surface area contributed by atoms with E-state index >= 15 is 0 Å². The zero-order valence-corrected chi connectivity index (χ0v) is 9.53. The van der Waals surface area contributed by atoms with E-state index in [2.05, 4.69) is 0 Å². The van der Waals surface area contributed by atoms with Crippen LogP contribution in [0.3, 0.4) is 0 Å². The molecule has 1 aromatic rings. The Kier molecular flexibility index (Phi) is 4.64. The highest BCUT2D eigenvalue weighted by Gasteiger charge is 2.03. The van der Waals surface area contributed by atoms with Crippen LogP contribution in [0.25, 0.3) is 0 Å². The summed E-state index contributed by atoms with van der Waals surface area (Å²) < 4.78 is 5.49. The van der Waals surface area contributed by atoms with Crippen LogP contribution >= 0.6 is 0 Å². The summed E-state index contributed by atoms with van der Waals surface area (Å²) in [6.45, 7) is 2.68. The van der Waals surface area contributed by atoms with Crippen molar-refractivity contribution in [3.05, 3.63) is 23.8 Å². The highest BCUT2D eigenvalue weighted by molar-refractivity contribution is 5.74. The van der Waals surface area contributed by atoms with Crippen LogP contribution in [0.4, 0.5) is 5.69 Å². The minimum Gasteiger partial charge on any atom is -0.491 e. The Bertz CT molecular complexity index is 364. The summed E-state index contributed by atoms with van der Waals surface area (Å²) in [6.07, 6.45) is 1.90. The molecule has 4 nitrogen and oxygen atoms in total. The van der Waals surface area contributed by atoms with Crippen LogP contribution in [0.2, 0.25) is 0 Å². The lowest BCUT2D eigenvalue weighted by Crippen LogP contribution is -2.11. The highest BCUT2D eigenvalue weighted by Crippen LogP contribution is 2.23. The van der Waals surface area contributed by atoms with Gasteiger partial charge in [-0.1, -0.05) is 13.0 Å². The predicted molar refractivity (Wildman–Crippen MR) is 64.2 cm³/mol. The summed E-state index contributed by atoms with van der Waals surface area (Å²) in [4.78, 5) is 10.7. The van der Waals surface area contributed by atoms with Crippen LogP contribution in [-0.4, -0.2) is 12.5 Å². The number of hydrogen-bond acceptors (Lipinski definition) is 3. The van der Waals surface area contributed by atoms with Gasteiger partial charge in [0.1, 0.15) is 5.75 Å². The molecule has 0 spiro atoms. The average Bonchev–Trinajstić information content (AvgIpc) is 2.26. The number of ether oxygens (including phenoxy) is 1. The number of benzene rings is 1. The molecule has 0 aliphatic rings. The van der Waals surface area contributed by atoms with E-state index in [1.54, 1.807) is 6.07 Å². The van der Waals surface area contributed by atoms with Crippen molar-refractivity contribution in [3.63, 3.8) is 0 Å². The summed E-state index contributed by atoms with van der Waals surface area (Å²) in [5, 5.41) is 0. The molecule has 0 bridgehead atoms. The molecule has 0 aromatic heterocycles. The monoisotopic (exact) mass is 222 g/mol. The molecule has 0 heterocycles. The number of hydrogen-bond donors (Lipinski definition) is 2. The van der Waals surface area contributed by atoms with Gasteiger partial charge in [-0.3, -0.25) is 4.79 Å².